The van der Waals surface area contributed by atoms with Gasteiger partial charge in [-0.2, -0.15) is 0 Å². The molecular formula is C11H17N3O3. The molecule has 3 amide bonds. The first-order chi connectivity index (χ1) is 8.09. The molecule has 6 nitrogen and oxygen atoms in total. The van der Waals surface area contributed by atoms with Crippen LogP contribution >= 0.6 is 0 Å². The van der Waals surface area contributed by atoms with Gasteiger partial charge in [-0.3, -0.25) is 24.6 Å². The summed E-state index contributed by atoms with van der Waals surface area (Å²) in [5.41, 5.74) is 0. The predicted molar refractivity (Wildman–Crippen MR) is 60.0 cm³/mol. The number of carbonyl (C=O) groups is 3. The summed E-state index contributed by atoms with van der Waals surface area (Å²) in [4.78, 5) is 35.8. The summed E-state index contributed by atoms with van der Waals surface area (Å²) >= 11 is 0. The molecule has 0 aromatic heterocycles. The Kier molecular flexibility index (Phi) is 3.42. The predicted octanol–water partition coefficient (Wildman–Crippen LogP) is -0.998. The van der Waals surface area contributed by atoms with Gasteiger partial charge >= 0.3 is 0 Å². The van der Waals surface area contributed by atoms with Crippen LogP contribution in [0.4, 0.5) is 0 Å². The van der Waals surface area contributed by atoms with Crippen LogP contribution in [0, 0.1) is 0 Å². The first-order valence-corrected chi connectivity index (χ1v) is 5.94. The second-order valence-electron chi connectivity index (χ2n) is 4.55. The third kappa shape index (κ3) is 2.46. The van der Waals surface area contributed by atoms with Crippen LogP contribution in [-0.4, -0.2) is 48.3 Å². The fraction of sp³-hybridized carbons (Fsp3) is 0.727. The molecule has 94 valence electrons. The van der Waals surface area contributed by atoms with Crippen molar-refractivity contribution in [1.29, 1.82) is 0 Å². The molecule has 17 heavy (non-hydrogen) atoms. The molecule has 2 heterocycles. The molecule has 0 saturated carbocycles. The fourth-order valence-electron chi connectivity index (χ4n) is 2.23. The third-order valence-corrected chi connectivity index (χ3v) is 3.32. The molecule has 2 N–H and O–H groups in total. The molecule has 0 aromatic carbocycles. The Balaban J connectivity index is 1.98. The summed E-state index contributed by atoms with van der Waals surface area (Å²) in [6, 6.07) is -0.896. The van der Waals surface area contributed by atoms with Gasteiger partial charge in [0.25, 0.3) is 0 Å². The fourth-order valence-corrected chi connectivity index (χ4v) is 2.23. The highest BCUT2D eigenvalue weighted by atomic mass is 16.2. The molecule has 2 atom stereocenters. The lowest BCUT2D eigenvalue weighted by Crippen LogP contribution is -2.49. The van der Waals surface area contributed by atoms with Crippen molar-refractivity contribution in [3.63, 3.8) is 0 Å². The summed E-state index contributed by atoms with van der Waals surface area (Å²) in [6.07, 6.45) is 2.77. The lowest BCUT2D eigenvalue weighted by Gasteiger charge is -2.18. The zero-order valence-electron chi connectivity index (χ0n) is 9.86. The Bertz CT molecular complexity index is 356. The summed E-state index contributed by atoms with van der Waals surface area (Å²) in [5, 5.41) is 5.79. The Labute approximate surface area is 99.7 Å². The van der Waals surface area contributed by atoms with Crippen LogP contribution in [0.3, 0.4) is 0 Å². The Morgan fingerprint density at radius 1 is 1.24 bits per heavy atom. The van der Waals surface area contributed by atoms with Gasteiger partial charge in [-0.15, -0.1) is 0 Å². The molecule has 0 spiro atoms. The van der Waals surface area contributed by atoms with Gasteiger partial charge < -0.3 is 5.32 Å². The minimum absolute atomic E-state index is 0.0719. The summed E-state index contributed by atoms with van der Waals surface area (Å²) in [7, 11) is 1.47. The maximum atomic E-state index is 11.7. The van der Waals surface area contributed by atoms with Gasteiger partial charge in [0.2, 0.25) is 17.7 Å². The van der Waals surface area contributed by atoms with Crippen molar-refractivity contribution < 1.29 is 14.4 Å². The number of carbonyl (C=O) groups excluding carboxylic acids is 3. The number of amides is 3. The minimum atomic E-state index is -0.540. The number of imide groups is 1. The molecule has 0 aliphatic carbocycles. The molecule has 2 unspecified atom stereocenters. The molecule has 0 aromatic rings. The van der Waals surface area contributed by atoms with Gasteiger partial charge in [-0.1, -0.05) is 0 Å². The standard InChI is InChI=1S/C11H17N3O3/c1-14-9(15)6-8(11(14)17)13-7-4-2-3-5-12-10(7)16/h7-8,13H,2-6H2,1H3,(H,12,16). The number of nitrogens with one attached hydrogen (secondary N) is 2. The van der Waals surface area contributed by atoms with E-state index < -0.39 is 6.04 Å². The van der Waals surface area contributed by atoms with Gasteiger partial charge in [0.05, 0.1) is 18.5 Å². The van der Waals surface area contributed by atoms with Crippen LogP contribution in [0.25, 0.3) is 0 Å². The van der Waals surface area contributed by atoms with Crippen LogP contribution in [0.5, 0.6) is 0 Å². The van der Waals surface area contributed by atoms with Gasteiger partial charge in [-0.05, 0) is 19.3 Å². The Hall–Kier alpha value is -1.43. The minimum Gasteiger partial charge on any atom is -0.355 e. The second-order valence-corrected chi connectivity index (χ2v) is 4.55. The Morgan fingerprint density at radius 3 is 2.65 bits per heavy atom. The van der Waals surface area contributed by atoms with E-state index in [-0.39, 0.29) is 30.2 Å². The van der Waals surface area contributed by atoms with Crippen molar-refractivity contribution in [2.75, 3.05) is 13.6 Å². The quantitative estimate of drug-likeness (QED) is 0.606. The number of likely N-dealkylation sites (N-methyl/N-ethyl adjacent to an activating group) is 1. The maximum absolute atomic E-state index is 11.7. The highest BCUT2D eigenvalue weighted by molar-refractivity contribution is 6.05. The largest absolute Gasteiger partial charge is 0.355 e. The van der Waals surface area contributed by atoms with Crippen LogP contribution < -0.4 is 10.6 Å². The lowest BCUT2D eigenvalue weighted by molar-refractivity contribution is -0.137. The summed E-state index contributed by atoms with van der Waals surface area (Å²) in [6.45, 7) is 0.689. The normalized spacial score (nSPS) is 30.4. The van der Waals surface area contributed by atoms with Crippen molar-refractivity contribution in [3.05, 3.63) is 0 Å². The summed E-state index contributed by atoms with van der Waals surface area (Å²) in [5.74, 6) is -0.508. The van der Waals surface area contributed by atoms with Gasteiger partial charge in [0, 0.05) is 13.6 Å². The highest BCUT2D eigenvalue weighted by Gasteiger charge is 2.38. The van der Waals surface area contributed by atoms with E-state index in [1.165, 1.54) is 7.05 Å². The van der Waals surface area contributed by atoms with Crippen molar-refractivity contribution >= 4 is 17.7 Å². The van der Waals surface area contributed by atoms with Crippen molar-refractivity contribution in [2.24, 2.45) is 0 Å². The molecule has 0 bridgehead atoms. The third-order valence-electron chi connectivity index (χ3n) is 3.32. The molecule has 0 radical (unpaired) electrons. The van der Waals surface area contributed by atoms with E-state index in [2.05, 4.69) is 10.6 Å². The van der Waals surface area contributed by atoms with Crippen LogP contribution in [0.15, 0.2) is 0 Å². The second kappa shape index (κ2) is 4.83. The van der Waals surface area contributed by atoms with E-state index in [0.29, 0.717) is 13.0 Å². The molecule has 2 aliphatic rings. The van der Waals surface area contributed by atoms with Gasteiger partial charge in [-0.25, -0.2) is 0 Å². The SMILES string of the molecule is CN1C(=O)CC(NC2CCCCNC2=O)C1=O. The first kappa shape index (κ1) is 12.0. The van der Waals surface area contributed by atoms with E-state index in [1.807, 2.05) is 0 Å². The monoisotopic (exact) mass is 239 g/mol. The molecule has 2 aliphatic heterocycles. The highest BCUT2D eigenvalue weighted by Crippen LogP contribution is 2.13. The molecule has 2 saturated heterocycles. The molecule has 2 rings (SSSR count). The maximum Gasteiger partial charge on any atom is 0.246 e. The number of likely N-dealkylation sites (tertiary alicyclic amines) is 1. The number of nitrogens with zero attached hydrogens (tertiary/aromatic N) is 1. The molecular weight excluding hydrogens is 222 g/mol. The van der Waals surface area contributed by atoms with E-state index in [0.717, 1.165) is 17.7 Å². The van der Waals surface area contributed by atoms with E-state index in [4.69, 9.17) is 0 Å². The van der Waals surface area contributed by atoms with E-state index in [1.54, 1.807) is 0 Å². The van der Waals surface area contributed by atoms with E-state index >= 15 is 0 Å². The number of rotatable bonds is 2. The van der Waals surface area contributed by atoms with Crippen molar-refractivity contribution in [3.8, 4) is 0 Å². The summed E-state index contributed by atoms with van der Waals surface area (Å²) < 4.78 is 0. The van der Waals surface area contributed by atoms with Gasteiger partial charge in [0.15, 0.2) is 0 Å². The average molecular weight is 239 g/mol. The average Bonchev–Trinajstić information content (AvgIpc) is 2.47. The van der Waals surface area contributed by atoms with Crippen molar-refractivity contribution in [2.45, 2.75) is 37.8 Å². The van der Waals surface area contributed by atoms with Crippen LogP contribution in [0.2, 0.25) is 0 Å². The van der Waals surface area contributed by atoms with Gasteiger partial charge in [0.1, 0.15) is 0 Å². The van der Waals surface area contributed by atoms with Crippen LogP contribution in [-0.2, 0) is 14.4 Å². The first-order valence-electron chi connectivity index (χ1n) is 5.94. The smallest absolute Gasteiger partial charge is 0.246 e. The zero-order valence-corrected chi connectivity index (χ0v) is 9.86. The Morgan fingerprint density at radius 2 is 2.00 bits per heavy atom. The number of hydrogen-bond acceptors (Lipinski definition) is 4. The van der Waals surface area contributed by atoms with Crippen molar-refractivity contribution in [1.82, 2.24) is 15.5 Å². The number of hydrogen-bond donors (Lipinski definition) is 2. The molecule has 6 heteroatoms. The van der Waals surface area contributed by atoms with Crippen LogP contribution in [0.1, 0.15) is 25.7 Å². The lowest BCUT2D eigenvalue weighted by atomic mass is 10.1. The molecule has 2 fully saturated rings. The topological polar surface area (TPSA) is 78.5 Å². The van der Waals surface area contributed by atoms with E-state index in [9.17, 15) is 14.4 Å². The zero-order chi connectivity index (χ0) is 12.4.